The lowest BCUT2D eigenvalue weighted by Gasteiger charge is -2.29. The summed E-state index contributed by atoms with van der Waals surface area (Å²) in [5, 5.41) is 9.53. The third-order valence-corrected chi connectivity index (χ3v) is 2.96. The molecule has 1 N–H and O–H groups in total. The molecule has 3 nitrogen and oxygen atoms in total. The number of methoxy groups -OCH3 is 1. The lowest BCUT2D eigenvalue weighted by atomic mass is 9.97. The molecule has 0 radical (unpaired) electrons. The van der Waals surface area contributed by atoms with Crippen LogP contribution in [0.25, 0.3) is 0 Å². The molecule has 10 heteroatoms. The van der Waals surface area contributed by atoms with Crippen LogP contribution in [0.2, 0.25) is 0 Å². The van der Waals surface area contributed by atoms with Gasteiger partial charge < -0.3 is 9.84 Å². The van der Waals surface area contributed by atoms with E-state index in [1.807, 2.05) is 0 Å². The second-order valence-corrected chi connectivity index (χ2v) is 4.61. The summed E-state index contributed by atoms with van der Waals surface area (Å²) in [6, 6.07) is 4.17. The summed E-state index contributed by atoms with van der Waals surface area (Å²) in [6.45, 7) is 0. The SMILES string of the molecule is COC(=O)c1cccc(C(O)CC(F)(F)C(F)(F)C(F)(F)F)c1. The van der Waals surface area contributed by atoms with Gasteiger partial charge in [-0.2, -0.15) is 30.7 Å². The maximum Gasteiger partial charge on any atom is 0.459 e. The molecule has 0 bridgehead atoms. The summed E-state index contributed by atoms with van der Waals surface area (Å²) < 4.78 is 92.5. The third-order valence-electron chi connectivity index (χ3n) is 2.96. The predicted molar refractivity (Wildman–Crippen MR) is 63.3 cm³/mol. The third kappa shape index (κ3) is 3.92. The molecule has 1 atom stereocenters. The Balaban J connectivity index is 3.03. The van der Waals surface area contributed by atoms with Crippen LogP contribution in [-0.4, -0.2) is 36.2 Å². The molecule has 130 valence electrons. The van der Waals surface area contributed by atoms with Gasteiger partial charge in [0, 0.05) is 6.42 Å². The number of alkyl halides is 7. The first-order valence-corrected chi connectivity index (χ1v) is 6.02. The molecule has 0 saturated heterocycles. The Morgan fingerprint density at radius 1 is 1.17 bits per heavy atom. The molecule has 0 aromatic heterocycles. The van der Waals surface area contributed by atoms with Crippen molar-refractivity contribution < 1.29 is 45.4 Å². The van der Waals surface area contributed by atoms with Gasteiger partial charge in [-0.3, -0.25) is 0 Å². The van der Waals surface area contributed by atoms with Crippen molar-refractivity contribution in [1.29, 1.82) is 0 Å². The van der Waals surface area contributed by atoms with Gasteiger partial charge in [0.2, 0.25) is 0 Å². The van der Waals surface area contributed by atoms with Gasteiger partial charge in [0.05, 0.1) is 18.8 Å². The van der Waals surface area contributed by atoms with Crippen LogP contribution in [0.3, 0.4) is 0 Å². The highest BCUT2D eigenvalue weighted by atomic mass is 19.4. The molecule has 1 aromatic carbocycles. The molecule has 0 amide bonds. The largest absolute Gasteiger partial charge is 0.465 e. The summed E-state index contributed by atoms with van der Waals surface area (Å²) in [7, 11) is 1.02. The minimum atomic E-state index is -6.47. The molecule has 0 saturated carbocycles. The van der Waals surface area contributed by atoms with Crippen molar-refractivity contribution >= 4 is 5.97 Å². The maximum absolute atomic E-state index is 13.2. The van der Waals surface area contributed by atoms with E-state index in [4.69, 9.17) is 0 Å². The number of ether oxygens (including phenoxy) is 1. The molecule has 0 heterocycles. The van der Waals surface area contributed by atoms with Crippen LogP contribution in [0, 0.1) is 0 Å². The highest BCUT2D eigenvalue weighted by molar-refractivity contribution is 5.89. The number of aliphatic hydroxyl groups is 1. The number of esters is 1. The fraction of sp³-hybridized carbons (Fsp3) is 0.462. The van der Waals surface area contributed by atoms with Gasteiger partial charge in [-0.15, -0.1) is 0 Å². The Morgan fingerprint density at radius 2 is 1.74 bits per heavy atom. The van der Waals surface area contributed by atoms with Crippen molar-refractivity contribution in [3.63, 3.8) is 0 Å². The van der Waals surface area contributed by atoms with Gasteiger partial charge in [0.15, 0.2) is 0 Å². The van der Waals surface area contributed by atoms with Gasteiger partial charge in [-0.05, 0) is 17.7 Å². The van der Waals surface area contributed by atoms with Crippen molar-refractivity contribution in [2.75, 3.05) is 7.11 Å². The van der Waals surface area contributed by atoms with Crippen molar-refractivity contribution in [3.8, 4) is 0 Å². The fourth-order valence-electron chi connectivity index (χ4n) is 1.69. The Hall–Kier alpha value is -1.84. The normalized spacial score (nSPS) is 14.5. The molecule has 0 spiro atoms. The molecule has 0 fully saturated rings. The molecule has 23 heavy (non-hydrogen) atoms. The van der Waals surface area contributed by atoms with Gasteiger partial charge >= 0.3 is 24.0 Å². The summed E-state index contributed by atoms with van der Waals surface area (Å²) in [5.41, 5.74) is -0.611. The fourth-order valence-corrected chi connectivity index (χ4v) is 1.69. The zero-order valence-electron chi connectivity index (χ0n) is 11.5. The second-order valence-electron chi connectivity index (χ2n) is 4.61. The smallest absolute Gasteiger partial charge is 0.459 e. The van der Waals surface area contributed by atoms with E-state index < -0.39 is 42.1 Å². The van der Waals surface area contributed by atoms with Gasteiger partial charge in [-0.25, -0.2) is 4.79 Å². The van der Waals surface area contributed by atoms with Crippen molar-refractivity contribution in [3.05, 3.63) is 35.4 Å². The molecular formula is C13H11F7O3. The minimum Gasteiger partial charge on any atom is -0.465 e. The summed E-state index contributed by atoms with van der Waals surface area (Å²) in [5.74, 6) is -12.7. The second kappa shape index (κ2) is 6.34. The first-order valence-electron chi connectivity index (χ1n) is 6.02. The Morgan fingerprint density at radius 3 is 2.22 bits per heavy atom. The van der Waals surface area contributed by atoms with E-state index in [2.05, 4.69) is 4.74 Å². The molecule has 0 aliphatic heterocycles. The Bertz CT molecular complexity index is 569. The number of carbonyl (C=O) groups is 1. The predicted octanol–water partition coefficient (Wildman–Crippen LogP) is 3.73. The van der Waals surface area contributed by atoms with Crippen molar-refractivity contribution in [1.82, 2.24) is 0 Å². The maximum atomic E-state index is 13.2. The zero-order chi connectivity index (χ0) is 18.1. The summed E-state index contributed by atoms with van der Waals surface area (Å²) in [4.78, 5) is 11.2. The zero-order valence-corrected chi connectivity index (χ0v) is 11.5. The quantitative estimate of drug-likeness (QED) is 0.652. The molecule has 1 rings (SSSR count). The Labute approximate surface area is 125 Å². The lowest BCUT2D eigenvalue weighted by molar-refractivity contribution is -0.358. The molecule has 1 aromatic rings. The first-order chi connectivity index (χ1) is 10.3. The van der Waals surface area contributed by atoms with E-state index in [-0.39, 0.29) is 5.56 Å². The van der Waals surface area contributed by atoms with Crippen molar-refractivity contribution in [2.45, 2.75) is 30.5 Å². The average Bonchev–Trinajstić information content (AvgIpc) is 2.44. The highest BCUT2D eigenvalue weighted by Crippen LogP contribution is 2.49. The minimum absolute atomic E-state index is 0.185. The number of hydrogen-bond donors (Lipinski definition) is 1. The number of halogens is 7. The number of carbonyl (C=O) groups excluding carboxylic acids is 1. The molecule has 0 aliphatic carbocycles. The van der Waals surface area contributed by atoms with Crippen LogP contribution in [0.5, 0.6) is 0 Å². The summed E-state index contributed by atoms with van der Waals surface area (Å²) >= 11 is 0. The Kier molecular flexibility index (Phi) is 5.30. The van der Waals surface area contributed by atoms with Crippen molar-refractivity contribution in [2.24, 2.45) is 0 Å². The van der Waals surface area contributed by atoms with Gasteiger partial charge in [-0.1, -0.05) is 12.1 Å². The van der Waals surface area contributed by atoms with E-state index in [1.165, 1.54) is 6.07 Å². The van der Waals surface area contributed by atoms with Crippen LogP contribution >= 0.6 is 0 Å². The number of aliphatic hydroxyl groups excluding tert-OH is 1. The number of rotatable bonds is 5. The van der Waals surface area contributed by atoms with E-state index in [1.54, 1.807) is 0 Å². The highest BCUT2D eigenvalue weighted by Gasteiger charge is 2.72. The van der Waals surface area contributed by atoms with E-state index >= 15 is 0 Å². The van der Waals surface area contributed by atoms with Crippen LogP contribution in [0.4, 0.5) is 30.7 Å². The molecular weight excluding hydrogens is 337 g/mol. The average molecular weight is 348 g/mol. The summed E-state index contributed by atoms with van der Waals surface area (Å²) in [6.07, 6.45) is -11.0. The van der Waals surface area contributed by atoms with E-state index in [0.29, 0.717) is 0 Å². The van der Waals surface area contributed by atoms with Crippen LogP contribution in [0.15, 0.2) is 24.3 Å². The van der Waals surface area contributed by atoms with Crippen LogP contribution in [-0.2, 0) is 4.74 Å². The number of benzene rings is 1. The van der Waals surface area contributed by atoms with Gasteiger partial charge in [0.1, 0.15) is 0 Å². The first kappa shape index (κ1) is 19.2. The van der Waals surface area contributed by atoms with E-state index in [0.717, 1.165) is 25.3 Å². The monoisotopic (exact) mass is 348 g/mol. The topological polar surface area (TPSA) is 46.5 Å². The standard InChI is InChI=1S/C13H11F7O3/c1-23-10(22)8-4-2-3-7(5-8)9(21)6-11(14,15)12(16,17)13(18,19)20/h2-5,9,21H,6H2,1H3. The van der Waals surface area contributed by atoms with Crippen LogP contribution < -0.4 is 0 Å². The lowest BCUT2D eigenvalue weighted by Crippen LogP contribution is -2.52. The number of hydrogen-bond acceptors (Lipinski definition) is 3. The molecule has 1 unspecified atom stereocenters. The van der Waals surface area contributed by atoms with E-state index in [9.17, 15) is 40.6 Å². The van der Waals surface area contributed by atoms with Crippen LogP contribution in [0.1, 0.15) is 28.4 Å². The molecule has 0 aliphatic rings. The van der Waals surface area contributed by atoms with Gasteiger partial charge in [0.25, 0.3) is 0 Å².